The van der Waals surface area contributed by atoms with Crippen molar-refractivity contribution in [1.29, 1.82) is 0 Å². The summed E-state index contributed by atoms with van der Waals surface area (Å²) in [6, 6.07) is 7.26. The summed E-state index contributed by atoms with van der Waals surface area (Å²) in [5, 5.41) is 3.60. The molecule has 25 heavy (non-hydrogen) atoms. The molecule has 0 radical (unpaired) electrons. The van der Waals surface area contributed by atoms with E-state index in [0.29, 0.717) is 17.3 Å². The summed E-state index contributed by atoms with van der Waals surface area (Å²) in [6.07, 6.45) is 3.09. The molecule has 0 spiro atoms. The number of carbonyl (C=O) groups excluding carboxylic acids is 1. The van der Waals surface area contributed by atoms with Crippen molar-refractivity contribution >= 4 is 34.8 Å². The molecule has 0 saturated carbocycles. The first-order valence-electron chi connectivity index (χ1n) is 8.37. The van der Waals surface area contributed by atoms with Gasteiger partial charge < -0.3 is 9.64 Å². The number of ether oxygens (including phenoxy) is 1. The van der Waals surface area contributed by atoms with Gasteiger partial charge in [-0.2, -0.15) is 0 Å². The fourth-order valence-corrected chi connectivity index (χ4v) is 3.67. The molecule has 1 amide bonds. The summed E-state index contributed by atoms with van der Waals surface area (Å²) in [5.74, 6) is 0.669. The van der Waals surface area contributed by atoms with Gasteiger partial charge in [-0.1, -0.05) is 13.3 Å². The second-order valence-corrected chi connectivity index (χ2v) is 7.14. The molecule has 1 aliphatic heterocycles. The number of anilines is 1. The van der Waals surface area contributed by atoms with Gasteiger partial charge in [0.15, 0.2) is 5.13 Å². The maximum absolute atomic E-state index is 12.4. The minimum absolute atomic E-state index is 0. The molecule has 1 aliphatic rings. The van der Waals surface area contributed by atoms with Crippen LogP contribution in [0.3, 0.4) is 0 Å². The number of hydrogen-bond acceptors (Lipinski definition) is 5. The zero-order chi connectivity index (χ0) is 16.9. The van der Waals surface area contributed by atoms with Crippen LogP contribution in [0, 0.1) is 0 Å². The van der Waals surface area contributed by atoms with Crippen LogP contribution < -0.4 is 10.1 Å². The van der Waals surface area contributed by atoms with Crippen molar-refractivity contribution < 1.29 is 9.53 Å². The Hall–Kier alpha value is -1.63. The highest BCUT2D eigenvalue weighted by molar-refractivity contribution is 7.15. The predicted molar refractivity (Wildman–Crippen MR) is 104 cm³/mol. The van der Waals surface area contributed by atoms with Crippen LogP contribution in [-0.2, 0) is 13.0 Å². The van der Waals surface area contributed by atoms with Gasteiger partial charge in [-0.25, -0.2) is 4.98 Å². The molecule has 0 bridgehead atoms. The monoisotopic (exact) mass is 381 g/mol. The summed E-state index contributed by atoms with van der Waals surface area (Å²) in [4.78, 5) is 20.4. The number of fused-ring (bicyclic) bond motifs is 1. The lowest BCUT2D eigenvalue weighted by Crippen LogP contribution is -2.25. The van der Waals surface area contributed by atoms with E-state index < -0.39 is 0 Å². The van der Waals surface area contributed by atoms with Crippen LogP contribution in [0.5, 0.6) is 5.75 Å². The first kappa shape index (κ1) is 19.7. The lowest BCUT2D eigenvalue weighted by atomic mass is 10.2. The molecular formula is C18H24ClN3O2S. The third-order valence-electron chi connectivity index (χ3n) is 4.03. The van der Waals surface area contributed by atoms with Crippen molar-refractivity contribution in [1.82, 2.24) is 9.88 Å². The van der Waals surface area contributed by atoms with Crippen molar-refractivity contribution in [2.75, 3.05) is 25.5 Å². The third-order valence-corrected chi connectivity index (χ3v) is 5.02. The largest absolute Gasteiger partial charge is 0.494 e. The summed E-state index contributed by atoms with van der Waals surface area (Å²) in [5.41, 5.74) is 1.73. The van der Waals surface area contributed by atoms with Crippen molar-refractivity contribution in [3.63, 3.8) is 0 Å². The van der Waals surface area contributed by atoms with E-state index in [-0.39, 0.29) is 18.3 Å². The second kappa shape index (κ2) is 9.17. The Morgan fingerprint density at radius 3 is 2.84 bits per heavy atom. The number of rotatable bonds is 6. The summed E-state index contributed by atoms with van der Waals surface area (Å²) >= 11 is 1.57. The van der Waals surface area contributed by atoms with E-state index in [4.69, 9.17) is 4.74 Å². The number of thiazole rings is 1. The quantitative estimate of drug-likeness (QED) is 0.769. The van der Waals surface area contributed by atoms with Crippen molar-refractivity contribution in [2.45, 2.75) is 32.7 Å². The Morgan fingerprint density at radius 1 is 1.36 bits per heavy atom. The Balaban J connectivity index is 0.00000225. The molecule has 5 nitrogen and oxygen atoms in total. The van der Waals surface area contributed by atoms with Crippen LogP contribution >= 0.6 is 23.7 Å². The van der Waals surface area contributed by atoms with Gasteiger partial charge in [0, 0.05) is 30.0 Å². The lowest BCUT2D eigenvalue weighted by molar-refractivity contribution is 0.102. The van der Waals surface area contributed by atoms with Crippen LogP contribution in [0.2, 0.25) is 0 Å². The maximum atomic E-state index is 12.4. The SMILES string of the molecule is CCCCOc1ccc(C(=O)Nc2nc3c(s2)CN(C)CC3)cc1.Cl. The number of benzene rings is 1. The van der Waals surface area contributed by atoms with Crippen LogP contribution in [0.4, 0.5) is 5.13 Å². The highest BCUT2D eigenvalue weighted by Gasteiger charge is 2.19. The molecule has 0 aliphatic carbocycles. The Kier molecular flexibility index (Phi) is 7.23. The summed E-state index contributed by atoms with van der Waals surface area (Å²) < 4.78 is 5.62. The van der Waals surface area contributed by atoms with Crippen LogP contribution in [-0.4, -0.2) is 36.0 Å². The molecular weight excluding hydrogens is 358 g/mol. The van der Waals surface area contributed by atoms with Gasteiger partial charge in [0.25, 0.3) is 5.91 Å². The predicted octanol–water partition coefficient (Wildman–Crippen LogP) is 3.98. The zero-order valence-electron chi connectivity index (χ0n) is 14.6. The van der Waals surface area contributed by atoms with E-state index in [1.807, 2.05) is 12.1 Å². The number of unbranched alkanes of at least 4 members (excludes halogenated alkanes) is 1. The van der Waals surface area contributed by atoms with E-state index in [1.165, 1.54) is 4.88 Å². The van der Waals surface area contributed by atoms with Gasteiger partial charge in [-0.05, 0) is 37.7 Å². The first-order valence-corrected chi connectivity index (χ1v) is 9.18. The molecule has 3 rings (SSSR count). The number of nitrogens with zero attached hydrogens (tertiary/aromatic N) is 2. The number of nitrogens with one attached hydrogen (secondary N) is 1. The molecule has 7 heteroatoms. The molecule has 2 aromatic rings. The van der Waals surface area contributed by atoms with Gasteiger partial charge in [-0.15, -0.1) is 23.7 Å². The Labute approximate surface area is 158 Å². The molecule has 0 saturated heterocycles. The lowest BCUT2D eigenvalue weighted by Gasteiger charge is -2.20. The van der Waals surface area contributed by atoms with Crippen LogP contribution in [0.15, 0.2) is 24.3 Å². The Bertz CT molecular complexity index is 703. The van der Waals surface area contributed by atoms with E-state index in [2.05, 4.69) is 29.2 Å². The van der Waals surface area contributed by atoms with E-state index in [9.17, 15) is 4.79 Å². The number of aromatic nitrogens is 1. The van der Waals surface area contributed by atoms with Gasteiger partial charge in [0.1, 0.15) is 5.75 Å². The molecule has 0 fully saturated rings. The third kappa shape index (κ3) is 5.17. The smallest absolute Gasteiger partial charge is 0.257 e. The number of hydrogen-bond donors (Lipinski definition) is 1. The standard InChI is InChI=1S/C18H23N3O2S.ClH/c1-3-4-11-23-14-7-5-13(6-8-14)17(22)20-18-19-15-9-10-21(2)12-16(15)24-18;/h5-8H,3-4,9-12H2,1-2H3,(H,19,20,22);1H. The Morgan fingerprint density at radius 2 is 2.12 bits per heavy atom. The average Bonchev–Trinajstić information content (AvgIpc) is 2.97. The van der Waals surface area contributed by atoms with Gasteiger partial charge in [-0.3, -0.25) is 10.1 Å². The molecule has 1 N–H and O–H groups in total. The fourth-order valence-electron chi connectivity index (χ4n) is 2.58. The molecule has 136 valence electrons. The minimum Gasteiger partial charge on any atom is -0.494 e. The van der Waals surface area contributed by atoms with Crippen LogP contribution in [0.1, 0.15) is 40.7 Å². The molecule has 0 unspecified atom stereocenters. The van der Waals surface area contributed by atoms with Crippen molar-refractivity contribution in [3.8, 4) is 5.75 Å². The molecule has 2 heterocycles. The van der Waals surface area contributed by atoms with Crippen molar-refractivity contribution in [2.24, 2.45) is 0 Å². The van der Waals surface area contributed by atoms with Gasteiger partial charge in [0.2, 0.25) is 0 Å². The number of carbonyl (C=O) groups is 1. The maximum Gasteiger partial charge on any atom is 0.257 e. The van der Waals surface area contributed by atoms with Crippen molar-refractivity contribution in [3.05, 3.63) is 40.4 Å². The summed E-state index contributed by atoms with van der Waals surface area (Å²) in [7, 11) is 2.10. The van der Waals surface area contributed by atoms with E-state index >= 15 is 0 Å². The number of halogens is 1. The van der Waals surface area contributed by atoms with E-state index in [0.717, 1.165) is 43.8 Å². The first-order chi connectivity index (χ1) is 11.7. The molecule has 1 aromatic carbocycles. The van der Waals surface area contributed by atoms with Crippen LogP contribution in [0.25, 0.3) is 0 Å². The zero-order valence-corrected chi connectivity index (χ0v) is 16.2. The normalized spacial score (nSPS) is 13.7. The number of amides is 1. The molecule has 0 atom stereocenters. The minimum atomic E-state index is -0.130. The average molecular weight is 382 g/mol. The molecule has 1 aromatic heterocycles. The van der Waals surface area contributed by atoms with Gasteiger partial charge >= 0.3 is 0 Å². The highest BCUT2D eigenvalue weighted by Crippen LogP contribution is 2.28. The second-order valence-electron chi connectivity index (χ2n) is 6.06. The number of likely N-dealkylation sites (N-methyl/N-ethyl adjacent to an activating group) is 1. The fraction of sp³-hybridized carbons (Fsp3) is 0.444. The topological polar surface area (TPSA) is 54.5 Å². The highest BCUT2D eigenvalue weighted by atomic mass is 35.5. The summed E-state index contributed by atoms with van der Waals surface area (Å²) in [6.45, 7) is 4.77. The van der Waals surface area contributed by atoms with E-state index in [1.54, 1.807) is 23.5 Å². The van der Waals surface area contributed by atoms with Gasteiger partial charge in [0.05, 0.1) is 12.3 Å².